The Morgan fingerprint density at radius 3 is 1.33 bits per heavy atom. The summed E-state index contributed by atoms with van der Waals surface area (Å²) in [7, 11) is -5.31. The van der Waals surface area contributed by atoms with Crippen LogP contribution in [0.5, 0.6) is 0 Å². The number of carbonyl (C=O) groups is 6. The Labute approximate surface area is 283 Å². The number of nitrogens with zero attached hydrogens (tertiary/aromatic N) is 4. The summed E-state index contributed by atoms with van der Waals surface area (Å²) in [5.74, 6) is -3.11. The van der Waals surface area contributed by atoms with Crippen LogP contribution < -0.4 is 11.5 Å². The van der Waals surface area contributed by atoms with E-state index in [1.165, 1.54) is 23.6 Å². The second-order valence-corrected chi connectivity index (χ2v) is 17.0. The summed E-state index contributed by atoms with van der Waals surface area (Å²) in [6.45, 7) is 9.42. The lowest BCUT2D eigenvalue weighted by atomic mass is 9.80. The Kier molecular flexibility index (Phi) is 7.99. The van der Waals surface area contributed by atoms with Crippen molar-refractivity contribution in [3.63, 3.8) is 0 Å². The van der Waals surface area contributed by atoms with Crippen LogP contribution in [0.3, 0.4) is 0 Å². The van der Waals surface area contributed by atoms with Crippen LogP contribution >= 0.6 is 0 Å². The molecule has 4 bridgehead atoms. The van der Waals surface area contributed by atoms with Crippen molar-refractivity contribution >= 4 is 46.2 Å². The van der Waals surface area contributed by atoms with E-state index in [1.54, 1.807) is 27.7 Å². The number of hydrogen-bond acceptors (Lipinski definition) is 12. The quantitative estimate of drug-likeness (QED) is 0.282. The summed E-state index contributed by atoms with van der Waals surface area (Å²) in [5, 5.41) is 0. The van der Waals surface area contributed by atoms with Crippen molar-refractivity contribution in [2.24, 2.45) is 22.3 Å². The Bertz CT molecular complexity index is 1510. The van der Waals surface area contributed by atoms with Crippen LogP contribution in [0.4, 0.5) is 9.59 Å². The highest BCUT2D eigenvalue weighted by Crippen LogP contribution is 2.50. The summed E-state index contributed by atoms with van der Waals surface area (Å²) >= 11 is 0. The van der Waals surface area contributed by atoms with Crippen LogP contribution in [-0.4, -0.2) is 125 Å². The molecule has 0 aromatic rings. The molecule has 49 heavy (non-hydrogen) atoms. The maximum atomic E-state index is 14.2. The summed E-state index contributed by atoms with van der Waals surface area (Å²) in [5.41, 5.74) is 5.51. The average Bonchev–Trinajstić information content (AvgIpc) is 3.54. The van der Waals surface area contributed by atoms with Crippen molar-refractivity contribution in [3.8, 4) is 0 Å². The molecule has 0 radical (unpaired) electrons. The molecule has 8 atom stereocenters. The Hall–Kier alpha value is -3.71. The lowest BCUT2D eigenvalue weighted by Gasteiger charge is -2.41. The van der Waals surface area contributed by atoms with Crippen molar-refractivity contribution in [2.75, 3.05) is 13.1 Å². The van der Waals surface area contributed by atoms with Crippen LogP contribution in [0.2, 0.25) is 0 Å². The molecule has 6 heterocycles. The number of amides is 6. The molecule has 0 aromatic carbocycles. The number of esters is 2. The number of primary amides is 2. The van der Waals surface area contributed by atoms with E-state index < -0.39 is 105 Å². The summed E-state index contributed by atoms with van der Waals surface area (Å²) < 4.78 is 51.2. The molecule has 19 heteroatoms. The molecule has 18 nitrogen and oxygen atoms in total. The molecule has 6 rings (SSSR count). The molecule has 8 unspecified atom stereocenters. The van der Waals surface area contributed by atoms with Gasteiger partial charge in [0.2, 0.25) is 11.8 Å². The van der Waals surface area contributed by atoms with Crippen LogP contribution in [0.15, 0.2) is 0 Å². The largest absolute Gasteiger partial charge is 0.459 e. The predicted octanol–water partition coefficient (Wildman–Crippen LogP) is -0.112. The SMILES string of the molecule is CC1(C)CC(C)(C(OS(=O)(=O)OC(N2C(=O)N3CC2CCC3C(N)=O)C2(C)CC(C)(C)OC2=O)N2C(=O)N3CC2CCC3C(N)=O)C(=O)O1. The molecular formula is C30H44N6O12S. The molecule has 0 aromatic heterocycles. The number of carbonyl (C=O) groups excluding carboxylic acids is 6. The van der Waals surface area contributed by atoms with Crippen molar-refractivity contribution in [1.29, 1.82) is 0 Å². The maximum absolute atomic E-state index is 14.2. The Morgan fingerprint density at radius 1 is 0.694 bits per heavy atom. The van der Waals surface area contributed by atoms with Crippen molar-refractivity contribution in [1.82, 2.24) is 19.6 Å². The van der Waals surface area contributed by atoms with Gasteiger partial charge in [0.15, 0.2) is 12.5 Å². The number of urea groups is 2. The fourth-order valence-electron chi connectivity index (χ4n) is 8.83. The lowest BCUT2D eigenvalue weighted by Crippen LogP contribution is -2.57. The normalized spacial score (nSPS) is 36.2. The van der Waals surface area contributed by atoms with Crippen LogP contribution in [0, 0.1) is 10.8 Å². The lowest BCUT2D eigenvalue weighted by molar-refractivity contribution is -0.161. The molecule has 6 aliphatic rings. The van der Waals surface area contributed by atoms with E-state index >= 15 is 0 Å². The zero-order valence-electron chi connectivity index (χ0n) is 28.4. The van der Waals surface area contributed by atoms with Crippen molar-refractivity contribution in [2.45, 2.75) is 128 Å². The van der Waals surface area contributed by atoms with Gasteiger partial charge in [-0.1, -0.05) is 0 Å². The molecule has 0 saturated carbocycles. The first-order chi connectivity index (χ1) is 22.5. The van der Waals surface area contributed by atoms with E-state index in [4.69, 9.17) is 29.3 Å². The van der Waals surface area contributed by atoms with Gasteiger partial charge in [-0.3, -0.25) is 29.0 Å². The first-order valence-corrected chi connectivity index (χ1v) is 17.7. The molecule has 272 valence electrons. The van der Waals surface area contributed by atoms with Gasteiger partial charge in [-0.05, 0) is 67.2 Å². The molecule has 6 fully saturated rings. The van der Waals surface area contributed by atoms with E-state index in [0.717, 1.165) is 9.80 Å². The third-order valence-electron chi connectivity index (χ3n) is 10.8. The molecular weight excluding hydrogens is 668 g/mol. The molecule has 0 aliphatic carbocycles. The minimum atomic E-state index is -5.31. The van der Waals surface area contributed by atoms with Gasteiger partial charge >= 0.3 is 34.4 Å². The molecule has 6 amide bonds. The Balaban J connectivity index is 1.39. The predicted molar refractivity (Wildman–Crippen MR) is 164 cm³/mol. The number of fused-ring (bicyclic) bond motifs is 4. The highest BCUT2D eigenvalue weighted by Gasteiger charge is 2.65. The van der Waals surface area contributed by atoms with Crippen molar-refractivity contribution < 1.29 is 55.0 Å². The third-order valence-corrected chi connectivity index (χ3v) is 11.6. The highest BCUT2D eigenvalue weighted by atomic mass is 32.3. The number of nitrogens with two attached hydrogens (primary N) is 2. The number of ether oxygens (including phenoxy) is 2. The minimum Gasteiger partial charge on any atom is -0.459 e. The van der Waals surface area contributed by atoms with Gasteiger partial charge in [-0.2, -0.15) is 8.42 Å². The standard InChI is InChI=1S/C30H44N6O12S/c1-27(2)13-29(5,23(39)45-27)21(35-15-7-9-17(19(31)37)33(11-15)25(35)41)47-49(43,44)48-22(30(6)14-28(3,4)46-24(30)40)36-16-8-10-18(20(32)38)34(12-16)26(36)42/h15-18,21-22H,7-14H2,1-6H3,(H2,31,37)(H2,32,38). The van der Waals surface area contributed by atoms with E-state index in [0.29, 0.717) is 0 Å². The summed E-state index contributed by atoms with van der Waals surface area (Å²) in [6, 6.07) is -4.72. The highest BCUT2D eigenvalue weighted by molar-refractivity contribution is 7.81. The number of piperidine rings is 2. The number of cyclic esters (lactones) is 2. The van der Waals surface area contributed by atoms with Gasteiger partial charge in [0, 0.05) is 25.9 Å². The van der Waals surface area contributed by atoms with E-state index in [2.05, 4.69) is 0 Å². The zero-order chi connectivity index (χ0) is 36.2. The van der Waals surface area contributed by atoms with Crippen molar-refractivity contribution in [3.05, 3.63) is 0 Å². The fourth-order valence-corrected chi connectivity index (χ4v) is 9.93. The average molecular weight is 713 g/mol. The molecule has 6 saturated heterocycles. The second-order valence-electron chi connectivity index (χ2n) is 15.8. The Morgan fingerprint density at radius 2 is 1.04 bits per heavy atom. The zero-order valence-corrected chi connectivity index (χ0v) is 29.2. The number of rotatable bonds is 10. The summed E-state index contributed by atoms with van der Waals surface area (Å²) in [4.78, 5) is 83.8. The van der Waals surface area contributed by atoms with Gasteiger partial charge in [0.25, 0.3) is 0 Å². The van der Waals surface area contributed by atoms with Crippen LogP contribution in [0.1, 0.15) is 80.1 Å². The van der Waals surface area contributed by atoms with Gasteiger partial charge in [-0.25, -0.2) is 18.0 Å². The van der Waals surface area contributed by atoms with Gasteiger partial charge < -0.3 is 30.7 Å². The minimum absolute atomic E-state index is 0.0319. The third kappa shape index (κ3) is 5.66. The van der Waals surface area contributed by atoms with Crippen LogP contribution in [-0.2, 0) is 47.4 Å². The van der Waals surface area contributed by atoms with E-state index in [1.807, 2.05) is 0 Å². The van der Waals surface area contributed by atoms with Gasteiger partial charge in [-0.15, -0.1) is 0 Å². The first-order valence-electron chi connectivity index (χ1n) is 16.4. The maximum Gasteiger partial charge on any atom is 0.403 e. The second kappa shape index (κ2) is 11.1. The number of hydrogen-bond donors (Lipinski definition) is 2. The van der Waals surface area contributed by atoms with Gasteiger partial charge in [0.05, 0.1) is 12.1 Å². The fraction of sp³-hybridized carbons (Fsp3) is 0.800. The molecule has 6 aliphatic heterocycles. The van der Waals surface area contributed by atoms with E-state index in [9.17, 15) is 37.2 Å². The molecule has 0 spiro atoms. The molecule has 4 N–H and O–H groups in total. The van der Waals surface area contributed by atoms with Gasteiger partial charge in [0.1, 0.15) is 34.1 Å². The smallest absolute Gasteiger partial charge is 0.403 e. The van der Waals surface area contributed by atoms with Crippen LogP contribution in [0.25, 0.3) is 0 Å². The topological polar surface area (TPSA) is 238 Å². The first kappa shape index (κ1) is 35.1. The van der Waals surface area contributed by atoms with E-state index in [-0.39, 0.29) is 51.6 Å². The summed E-state index contributed by atoms with van der Waals surface area (Å²) in [6.07, 6.45) is -2.83. The monoisotopic (exact) mass is 712 g/mol.